The average molecular weight is 451 g/mol. The molecule has 0 bridgehead atoms. The van der Waals surface area contributed by atoms with Crippen molar-refractivity contribution < 1.29 is 9.32 Å². The van der Waals surface area contributed by atoms with Gasteiger partial charge in [-0.25, -0.2) is 0 Å². The van der Waals surface area contributed by atoms with Gasteiger partial charge < -0.3 is 9.42 Å². The van der Waals surface area contributed by atoms with E-state index in [9.17, 15) is 4.79 Å². The number of carbonyl (C=O) groups is 1. The first-order valence-electron chi connectivity index (χ1n) is 11.8. The van der Waals surface area contributed by atoms with Crippen LogP contribution in [0.15, 0.2) is 77.3 Å². The predicted molar refractivity (Wildman–Crippen MR) is 130 cm³/mol. The minimum absolute atomic E-state index is 0.00119. The summed E-state index contributed by atoms with van der Waals surface area (Å²) in [6.45, 7) is 4.97. The molecule has 3 aromatic carbocycles. The Morgan fingerprint density at radius 3 is 2.44 bits per heavy atom. The van der Waals surface area contributed by atoms with Crippen molar-refractivity contribution >= 4 is 5.91 Å². The van der Waals surface area contributed by atoms with Gasteiger partial charge in [-0.3, -0.25) is 9.69 Å². The first kappa shape index (κ1) is 20.8. The first-order valence-corrected chi connectivity index (χ1v) is 11.8. The van der Waals surface area contributed by atoms with Gasteiger partial charge in [0.25, 0.3) is 5.91 Å². The molecule has 170 valence electrons. The van der Waals surface area contributed by atoms with Crippen LogP contribution in [0.3, 0.4) is 0 Å². The first-order chi connectivity index (χ1) is 16.7. The lowest BCUT2D eigenvalue weighted by molar-refractivity contribution is 0.0551. The zero-order valence-electron chi connectivity index (χ0n) is 19.1. The topological polar surface area (TPSA) is 62.5 Å². The van der Waals surface area contributed by atoms with Gasteiger partial charge in [-0.1, -0.05) is 65.8 Å². The van der Waals surface area contributed by atoms with Crippen LogP contribution < -0.4 is 0 Å². The Morgan fingerprint density at radius 2 is 1.62 bits per heavy atom. The van der Waals surface area contributed by atoms with Crippen LogP contribution in [-0.2, 0) is 6.42 Å². The van der Waals surface area contributed by atoms with Crippen LogP contribution in [0.4, 0.5) is 0 Å². The summed E-state index contributed by atoms with van der Waals surface area (Å²) in [6.07, 6.45) is 0.943. The number of rotatable bonds is 4. The number of carbonyl (C=O) groups excluding carboxylic acids is 1. The Bertz CT molecular complexity index is 1340. The summed E-state index contributed by atoms with van der Waals surface area (Å²) in [5.41, 5.74) is 6.78. The van der Waals surface area contributed by atoms with Gasteiger partial charge in [0, 0.05) is 37.3 Å². The molecule has 1 fully saturated rings. The van der Waals surface area contributed by atoms with Crippen molar-refractivity contribution in [2.24, 2.45) is 0 Å². The maximum atomic E-state index is 13.3. The minimum atomic E-state index is -0.00119. The van der Waals surface area contributed by atoms with Crippen LogP contribution in [-0.4, -0.2) is 52.0 Å². The average Bonchev–Trinajstić information content (AvgIpc) is 3.53. The molecule has 0 saturated carbocycles. The van der Waals surface area contributed by atoms with Gasteiger partial charge in [-0.15, -0.1) is 0 Å². The third kappa shape index (κ3) is 3.70. The molecule has 34 heavy (non-hydrogen) atoms. The highest BCUT2D eigenvalue weighted by Gasteiger charge is 2.29. The maximum absolute atomic E-state index is 13.3. The van der Waals surface area contributed by atoms with Gasteiger partial charge in [0.15, 0.2) is 0 Å². The number of piperazine rings is 1. The molecule has 1 amide bonds. The van der Waals surface area contributed by atoms with E-state index < -0.39 is 0 Å². The summed E-state index contributed by atoms with van der Waals surface area (Å²) in [7, 11) is 0. The van der Waals surface area contributed by atoms with Gasteiger partial charge in [-0.2, -0.15) is 4.98 Å². The van der Waals surface area contributed by atoms with Crippen LogP contribution in [0.2, 0.25) is 0 Å². The highest BCUT2D eigenvalue weighted by atomic mass is 16.5. The molecule has 1 unspecified atom stereocenters. The fraction of sp³-hybridized carbons (Fsp3) is 0.250. The summed E-state index contributed by atoms with van der Waals surface area (Å²) >= 11 is 0. The number of hydrogen-bond donors (Lipinski definition) is 0. The molecule has 0 N–H and O–H groups in total. The normalized spacial score (nSPS) is 16.2. The van der Waals surface area contributed by atoms with E-state index in [2.05, 4.69) is 58.4 Å². The van der Waals surface area contributed by atoms with Crippen LogP contribution in [0.5, 0.6) is 0 Å². The van der Waals surface area contributed by atoms with E-state index in [4.69, 9.17) is 4.52 Å². The third-order valence-electron chi connectivity index (χ3n) is 7.03. The van der Waals surface area contributed by atoms with Crippen LogP contribution >= 0.6 is 0 Å². The van der Waals surface area contributed by atoms with Crippen molar-refractivity contribution in [3.63, 3.8) is 0 Å². The molecule has 6 rings (SSSR count). The van der Waals surface area contributed by atoms with E-state index in [1.807, 2.05) is 41.3 Å². The number of nitrogens with zero attached hydrogens (tertiary/aromatic N) is 4. The Balaban J connectivity index is 1.12. The van der Waals surface area contributed by atoms with E-state index in [1.165, 1.54) is 22.3 Å². The Hall–Kier alpha value is -3.77. The number of fused-ring (bicyclic) bond motifs is 3. The molecule has 1 saturated heterocycles. The second-order valence-corrected chi connectivity index (χ2v) is 9.03. The molecule has 0 radical (unpaired) electrons. The second kappa shape index (κ2) is 8.54. The highest BCUT2D eigenvalue weighted by molar-refractivity contribution is 5.96. The van der Waals surface area contributed by atoms with Gasteiger partial charge >= 0.3 is 0 Å². The summed E-state index contributed by atoms with van der Waals surface area (Å²) < 4.78 is 5.57. The molecule has 2 heterocycles. The summed E-state index contributed by atoms with van der Waals surface area (Å²) in [5.74, 6) is 1.31. The third-order valence-corrected chi connectivity index (χ3v) is 7.03. The van der Waals surface area contributed by atoms with Crippen molar-refractivity contribution in [2.45, 2.75) is 19.4 Å². The van der Waals surface area contributed by atoms with E-state index in [0.29, 0.717) is 24.8 Å². The fourth-order valence-electron chi connectivity index (χ4n) is 5.02. The smallest absolute Gasteiger partial charge is 0.253 e. The zero-order chi connectivity index (χ0) is 23.1. The van der Waals surface area contributed by atoms with Gasteiger partial charge in [0.05, 0.1) is 6.04 Å². The Kier molecular flexibility index (Phi) is 5.23. The van der Waals surface area contributed by atoms with Crippen molar-refractivity contribution in [3.05, 3.63) is 95.4 Å². The van der Waals surface area contributed by atoms with Gasteiger partial charge in [-0.05, 0) is 47.7 Å². The molecule has 6 nitrogen and oxygen atoms in total. The molecule has 0 spiro atoms. The van der Waals surface area contributed by atoms with Crippen LogP contribution in [0, 0.1) is 0 Å². The Labute approximate surface area is 198 Å². The lowest BCUT2D eigenvalue weighted by Crippen LogP contribution is -2.49. The predicted octanol–water partition coefficient (Wildman–Crippen LogP) is 4.83. The molecule has 1 atom stereocenters. The van der Waals surface area contributed by atoms with Gasteiger partial charge in [0.2, 0.25) is 11.7 Å². The molecular formula is C28H26N4O2. The Morgan fingerprint density at radius 1 is 0.882 bits per heavy atom. The standard InChI is InChI=1S/C28H26N4O2/c1-19(27-29-26(30-34-27)20-7-3-2-4-8-20)31-13-15-32(16-14-31)28(33)23-12-11-22-17-21-9-5-6-10-24(21)25(22)18-23/h2-12,18-19H,13-17H2,1H3. The summed E-state index contributed by atoms with van der Waals surface area (Å²) in [6, 6.07) is 24.5. The highest BCUT2D eigenvalue weighted by Crippen LogP contribution is 2.37. The maximum Gasteiger partial charge on any atom is 0.253 e. The summed E-state index contributed by atoms with van der Waals surface area (Å²) in [4.78, 5) is 22.1. The van der Waals surface area contributed by atoms with Crippen molar-refractivity contribution in [2.75, 3.05) is 26.2 Å². The number of aromatic nitrogens is 2. The lowest BCUT2D eigenvalue weighted by Gasteiger charge is -2.36. The lowest BCUT2D eigenvalue weighted by atomic mass is 10.0. The zero-order valence-corrected chi connectivity index (χ0v) is 19.1. The largest absolute Gasteiger partial charge is 0.337 e. The van der Waals surface area contributed by atoms with E-state index in [-0.39, 0.29) is 11.9 Å². The quantitative estimate of drug-likeness (QED) is 0.393. The number of amides is 1. The SMILES string of the molecule is CC(c1nc(-c2ccccc2)no1)N1CCN(C(=O)c2ccc3c(c2)-c2ccccc2C3)CC1. The monoisotopic (exact) mass is 450 g/mol. The second-order valence-electron chi connectivity index (χ2n) is 9.03. The molecule has 2 aliphatic rings. The molecular weight excluding hydrogens is 424 g/mol. The van der Waals surface area contributed by atoms with E-state index >= 15 is 0 Å². The van der Waals surface area contributed by atoms with Crippen molar-refractivity contribution in [1.29, 1.82) is 0 Å². The summed E-state index contributed by atoms with van der Waals surface area (Å²) in [5, 5.41) is 4.15. The number of hydrogen-bond acceptors (Lipinski definition) is 5. The molecule has 1 aromatic heterocycles. The molecule has 4 aromatic rings. The van der Waals surface area contributed by atoms with Gasteiger partial charge in [0.1, 0.15) is 0 Å². The van der Waals surface area contributed by atoms with Crippen molar-refractivity contribution in [3.8, 4) is 22.5 Å². The van der Waals surface area contributed by atoms with Crippen LogP contribution in [0.25, 0.3) is 22.5 Å². The van der Waals surface area contributed by atoms with Crippen LogP contribution in [0.1, 0.15) is 40.3 Å². The molecule has 1 aliphatic carbocycles. The number of benzene rings is 3. The molecule has 6 heteroatoms. The van der Waals surface area contributed by atoms with E-state index in [1.54, 1.807) is 0 Å². The molecule has 1 aliphatic heterocycles. The van der Waals surface area contributed by atoms with Crippen molar-refractivity contribution in [1.82, 2.24) is 19.9 Å². The minimum Gasteiger partial charge on any atom is -0.337 e. The fourth-order valence-corrected chi connectivity index (χ4v) is 5.02. The van der Waals surface area contributed by atoms with E-state index in [0.717, 1.165) is 30.6 Å².